The number of ether oxygens (including phenoxy) is 1. The fourth-order valence-electron chi connectivity index (χ4n) is 1.43. The van der Waals surface area contributed by atoms with Crippen molar-refractivity contribution in [1.82, 2.24) is 4.90 Å². The third-order valence-electron chi connectivity index (χ3n) is 2.24. The monoisotopic (exact) mass is 283 g/mol. The molecule has 0 N–H and O–H groups in total. The van der Waals surface area contributed by atoms with Gasteiger partial charge in [-0.2, -0.15) is 0 Å². The van der Waals surface area contributed by atoms with E-state index in [9.17, 15) is 4.79 Å². The average Bonchev–Trinajstić information content (AvgIpc) is 2.17. The molecule has 0 radical (unpaired) electrons. The minimum atomic E-state index is 0.255. The summed E-state index contributed by atoms with van der Waals surface area (Å²) in [5.74, 6) is 0.255. The Bertz CT molecular complexity index is 155. The van der Waals surface area contributed by atoms with Crippen molar-refractivity contribution in [2.24, 2.45) is 0 Å². The van der Waals surface area contributed by atoms with Crippen LogP contribution in [0.2, 0.25) is 0 Å². The normalized spacial score (nSPS) is 19.7. The molecule has 1 rings (SSSR count). The smallest absolute Gasteiger partial charge is 0.232 e. The highest BCUT2D eigenvalue weighted by Gasteiger charge is 2.21. The molecule has 1 saturated heterocycles. The molecule has 0 saturated carbocycles. The lowest BCUT2D eigenvalue weighted by Crippen LogP contribution is -2.41. The molecule has 1 fully saturated rings. The standard InChI is InChI=1S/C8H14INO2/c1-12-7-2-4-10(5-3-7)8(11)6-9/h7H,2-6H2,1H3. The lowest BCUT2D eigenvalue weighted by Gasteiger charge is -2.30. The van der Waals surface area contributed by atoms with Crippen molar-refractivity contribution < 1.29 is 9.53 Å². The number of alkyl halides is 1. The van der Waals surface area contributed by atoms with Gasteiger partial charge in [0.2, 0.25) is 5.91 Å². The van der Waals surface area contributed by atoms with E-state index >= 15 is 0 Å². The zero-order valence-corrected chi connectivity index (χ0v) is 9.41. The van der Waals surface area contributed by atoms with E-state index in [1.807, 2.05) is 4.90 Å². The van der Waals surface area contributed by atoms with E-state index in [1.54, 1.807) is 7.11 Å². The summed E-state index contributed by atoms with van der Waals surface area (Å²) >= 11 is 2.11. The van der Waals surface area contributed by atoms with Crippen LogP contribution in [0.3, 0.4) is 0 Å². The van der Waals surface area contributed by atoms with Crippen molar-refractivity contribution in [2.75, 3.05) is 24.6 Å². The molecule has 0 bridgehead atoms. The number of methoxy groups -OCH3 is 1. The highest BCUT2D eigenvalue weighted by atomic mass is 127. The van der Waals surface area contributed by atoms with Gasteiger partial charge in [-0.3, -0.25) is 4.79 Å². The summed E-state index contributed by atoms with van der Waals surface area (Å²) in [4.78, 5) is 13.2. The Morgan fingerprint density at radius 1 is 1.58 bits per heavy atom. The molecule has 0 aliphatic carbocycles. The second-order valence-corrected chi connectivity index (χ2v) is 3.71. The Hall–Kier alpha value is 0.160. The molecule has 0 aromatic rings. The summed E-state index contributed by atoms with van der Waals surface area (Å²) < 4.78 is 5.81. The highest BCUT2D eigenvalue weighted by molar-refractivity contribution is 14.1. The molecule has 4 heteroatoms. The molecule has 0 aromatic carbocycles. The molecule has 0 atom stereocenters. The second-order valence-electron chi connectivity index (χ2n) is 2.95. The van der Waals surface area contributed by atoms with Gasteiger partial charge in [0.1, 0.15) is 0 Å². The molecule has 12 heavy (non-hydrogen) atoms. The molecular formula is C8H14INO2. The maximum atomic E-state index is 11.2. The molecule has 0 unspecified atom stereocenters. The largest absolute Gasteiger partial charge is 0.381 e. The molecule has 70 valence electrons. The second kappa shape index (κ2) is 5.01. The number of piperidine rings is 1. The molecule has 0 aromatic heterocycles. The van der Waals surface area contributed by atoms with Gasteiger partial charge in [0.25, 0.3) is 0 Å². The minimum absolute atomic E-state index is 0.255. The van der Waals surface area contributed by atoms with E-state index in [-0.39, 0.29) is 5.91 Å². The molecule has 1 heterocycles. The van der Waals surface area contributed by atoms with Crippen LogP contribution in [0.5, 0.6) is 0 Å². The van der Waals surface area contributed by atoms with Crippen LogP contribution in [0.15, 0.2) is 0 Å². The quantitative estimate of drug-likeness (QED) is 0.560. The van der Waals surface area contributed by atoms with Gasteiger partial charge in [-0.15, -0.1) is 0 Å². The first-order chi connectivity index (χ1) is 5.77. The number of carbonyl (C=O) groups excluding carboxylic acids is 1. The van der Waals surface area contributed by atoms with Crippen LogP contribution in [0, 0.1) is 0 Å². The third-order valence-corrected chi connectivity index (χ3v) is 2.89. The maximum absolute atomic E-state index is 11.2. The van der Waals surface area contributed by atoms with Gasteiger partial charge in [-0.1, -0.05) is 22.6 Å². The van der Waals surface area contributed by atoms with Gasteiger partial charge in [0.05, 0.1) is 10.5 Å². The van der Waals surface area contributed by atoms with Crippen LogP contribution in [-0.4, -0.2) is 41.5 Å². The number of likely N-dealkylation sites (tertiary alicyclic amines) is 1. The first-order valence-corrected chi connectivity index (χ1v) is 5.67. The average molecular weight is 283 g/mol. The van der Waals surface area contributed by atoms with E-state index in [4.69, 9.17) is 4.74 Å². The first-order valence-electron chi connectivity index (χ1n) is 4.14. The number of amides is 1. The Morgan fingerprint density at radius 3 is 2.58 bits per heavy atom. The Labute approximate surface area is 86.6 Å². The third kappa shape index (κ3) is 2.58. The zero-order valence-electron chi connectivity index (χ0n) is 7.25. The van der Waals surface area contributed by atoms with Crippen molar-refractivity contribution in [3.8, 4) is 0 Å². The lowest BCUT2D eigenvalue weighted by molar-refractivity contribution is -0.130. The number of nitrogens with zero attached hydrogens (tertiary/aromatic N) is 1. The van der Waals surface area contributed by atoms with Crippen molar-refractivity contribution in [3.63, 3.8) is 0 Å². The Morgan fingerprint density at radius 2 is 2.17 bits per heavy atom. The number of carbonyl (C=O) groups is 1. The Kier molecular flexibility index (Phi) is 4.28. The first kappa shape index (κ1) is 10.2. The van der Waals surface area contributed by atoms with Crippen LogP contribution < -0.4 is 0 Å². The van der Waals surface area contributed by atoms with Crippen LogP contribution in [-0.2, 0) is 9.53 Å². The number of hydrogen-bond donors (Lipinski definition) is 0. The van der Waals surface area contributed by atoms with Crippen molar-refractivity contribution in [3.05, 3.63) is 0 Å². The SMILES string of the molecule is COC1CCN(C(=O)CI)CC1. The van der Waals surface area contributed by atoms with Crippen molar-refractivity contribution in [1.29, 1.82) is 0 Å². The van der Waals surface area contributed by atoms with Gasteiger partial charge in [0, 0.05) is 20.2 Å². The summed E-state index contributed by atoms with van der Waals surface area (Å²) in [5.41, 5.74) is 0. The summed E-state index contributed by atoms with van der Waals surface area (Å²) in [7, 11) is 1.74. The number of halogens is 1. The van der Waals surface area contributed by atoms with E-state index < -0.39 is 0 Å². The van der Waals surface area contributed by atoms with Crippen molar-refractivity contribution in [2.45, 2.75) is 18.9 Å². The summed E-state index contributed by atoms with van der Waals surface area (Å²) in [6, 6.07) is 0. The molecule has 1 aliphatic heterocycles. The predicted octanol–water partition coefficient (Wildman–Crippen LogP) is 1.06. The van der Waals surface area contributed by atoms with Crippen LogP contribution >= 0.6 is 22.6 Å². The van der Waals surface area contributed by atoms with Crippen LogP contribution in [0.1, 0.15) is 12.8 Å². The van der Waals surface area contributed by atoms with Crippen LogP contribution in [0.25, 0.3) is 0 Å². The Balaban J connectivity index is 2.30. The minimum Gasteiger partial charge on any atom is -0.381 e. The van der Waals surface area contributed by atoms with Gasteiger partial charge in [-0.05, 0) is 12.8 Å². The van der Waals surface area contributed by atoms with E-state index in [1.165, 1.54) is 0 Å². The molecular weight excluding hydrogens is 269 g/mol. The van der Waals surface area contributed by atoms with E-state index in [0.717, 1.165) is 25.9 Å². The highest BCUT2D eigenvalue weighted by Crippen LogP contribution is 2.13. The van der Waals surface area contributed by atoms with Gasteiger partial charge >= 0.3 is 0 Å². The van der Waals surface area contributed by atoms with Gasteiger partial charge in [-0.25, -0.2) is 0 Å². The van der Waals surface area contributed by atoms with Gasteiger partial charge < -0.3 is 9.64 Å². The summed E-state index contributed by atoms with van der Waals surface area (Å²) in [6.45, 7) is 1.72. The number of rotatable bonds is 2. The lowest BCUT2D eigenvalue weighted by atomic mass is 10.1. The van der Waals surface area contributed by atoms with Crippen molar-refractivity contribution >= 4 is 28.5 Å². The topological polar surface area (TPSA) is 29.5 Å². The molecule has 1 amide bonds. The van der Waals surface area contributed by atoms with E-state index in [2.05, 4.69) is 22.6 Å². The fraction of sp³-hybridized carbons (Fsp3) is 0.875. The summed E-state index contributed by atoms with van der Waals surface area (Å²) in [5, 5.41) is 0. The number of hydrogen-bond acceptors (Lipinski definition) is 2. The summed E-state index contributed by atoms with van der Waals surface area (Å²) in [6.07, 6.45) is 2.33. The fourth-order valence-corrected chi connectivity index (χ4v) is 1.91. The molecule has 0 spiro atoms. The van der Waals surface area contributed by atoms with Crippen LogP contribution in [0.4, 0.5) is 0 Å². The zero-order chi connectivity index (χ0) is 8.97. The van der Waals surface area contributed by atoms with Gasteiger partial charge in [0.15, 0.2) is 0 Å². The molecule has 1 aliphatic rings. The molecule has 3 nitrogen and oxygen atoms in total. The van der Waals surface area contributed by atoms with E-state index in [0.29, 0.717) is 10.5 Å². The maximum Gasteiger partial charge on any atom is 0.232 e. The predicted molar refractivity (Wildman–Crippen MR) is 55.5 cm³/mol.